The van der Waals surface area contributed by atoms with Crippen molar-refractivity contribution < 1.29 is 18.8 Å². The summed E-state index contributed by atoms with van der Waals surface area (Å²) < 4.78 is 14.0. The zero-order chi connectivity index (χ0) is 22.7. The lowest BCUT2D eigenvalue weighted by Crippen LogP contribution is -2.57. The van der Waals surface area contributed by atoms with Gasteiger partial charge in [0.05, 0.1) is 0 Å². The number of carbonyl (C=O) groups excluding carboxylic acids is 3. The molecule has 0 spiro atoms. The van der Waals surface area contributed by atoms with Crippen molar-refractivity contribution in [3.8, 4) is 10.4 Å². The topological polar surface area (TPSA) is 64.2 Å². The molecule has 3 heterocycles. The molecule has 0 saturated carbocycles. The monoisotopic (exact) mass is 458 g/mol. The second-order valence-electron chi connectivity index (χ2n) is 8.01. The van der Waals surface area contributed by atoms with E-state index < -0.39 is 11.8 Å². The van der Waals surface area contributed by atoms with Crippen molar-refractivity contribution in [1.29, 1.82) is 0 Å². The van der Waals surface area contributed by atoms with Crippen LogP contribution in [0.25, 0.3) is 10.4 Å². The van der Waals surface area contributed by atoms with Gasteiger partial charge in [0, 0.05) is 67.7 Å². The van der Waals surface area contributed by atoms with Crippen LogP contribution in [-0.2, 0) is 20.9 Å². The van der Waals surface area contributed by atoms with E-state index in [1.807, 2.05) is 25.1 Å². The van der Waals surface area contributed by atoms with Crippen molar-refractivity contribution in [1.82, 2.24) is 19.6 Å². The molecule has 0 bridgehead atoms. The van der Waals surface area contributed by atoms with Crippen LogP contribution in [0.4, 0.5) is 4.39 Å². The average Bonchev–Trinajstić information content (AvgIpc) is 3.26. The largest absolute Gasteiger partial charge is 0.339 e. The van der Waals surface area contributed by atoms with Crippen molar-refractivity contribution >= 4 is 29.1 Å². The Morgan fingerprint density at radius 1 is 0.938 bits per heavy atom. The predicted octanol–water partition coefficient (Wildman–Crippen LogP) is 1.89. The zero-order valence-electron chi connectivity index (χ0n) is 18.1. The fourth-order valence-corrected chi connectivity index (χ4v) is 5.15. The number of thiophene rings is 1. The van der Waals surface area contributed by atoms with E-state index in [-0.39, 0.29) is 18.3 Å². The maximum absolute atomic E-state index is 14.0. The molecule has 0 radical (unpaired) electrons. The molecule has 7 nitrogen and oxygen atoms in total. The second kappa shape index (κ2) is 9.79. The van der Waals surface area contributed by atoms with E-state index >= 15 is 0 Å². The lowest BCUT2D eigenvalue weighted by atomic mass is 10.2. The van der Waals surface area contributed by atoms with Crippen LogP contribution in [0.5, 0.6) is 0 Å². The number of piperazine rings is 2. The van der Waals surface area contributed by atoms with Crippen molar-refractivity contribution in [2.24, 2.45) is 0 Å². The molecule has 1 aromatic carbocycles. The van der Waals surface area contributed by atoms with Gasteiger partial charge in [-0.25, -0.2) is 4.39 Å². The number of amides is 3. The van der Waals surface area contributed by atoms with Crippen molar-refractivity contribution in [3.63, 3.8) is 0 Å². The smallest absolute Gasteiger partial charge is 0.312 e. The molecule has 0 unspecified atom stereocenters. The Labute approximate surface area is 191 Å². The van der Waals surface area contributed by atoms with E-state index in [2.05, 4.69) is 4.90 Å². The van der Waals surface area contributed by atoms with Crippen molar-refractivity contribution in [2.45, 2.75) is 13.5 Å². The van der Waals surface area contributed by atoms with Gasteiger partial charge in [0.15, 0.2) is 0 Å². The van der Waals surface area contributed by atoms with Gasteiger partial charge in [0.2, 0.25) is 5.91 Å². The first-order valence-electron chi connectivity index (χ1n) is 10.9. The number of carbonyl (C=O) groups is 3. The first-order valence-corrected chi connectivity index (χ1v) is 11.7. The van der Waals surface area contributed by atoms with Crippen molar-refractivity contribution in [3.05, 3.63) is 47.1 Å². The molecule has 4 rings (SSSR count). The van der Waals surface area contributed by atoms with Crippen LogP contribution in [0.3, 0.4) is 0 Å². The Balaban J connectivity index is 1.27. The minimum Gasteiger partial charge on any atom is -0.339 e. The summed E-state index contributed by atoms with van der Waals surface area (Å²) in [6, 6.07) is 10.8. The van der Waals surface area contributed by atoms with Gasteiger partial charge in [-0.3, -0.25) is 19.3 Å². The van der Waals surface area contributed by atoms with Crippen LogP contribution in [0.2, 0.25) is 0 Å². The first-order chi connectivity index (χ1) is 15.5. The standard InChI is InChI=1S/C23H27FN4O3S/c1-2-26-13-14-28(23(31)22(26)30)16-21(29)27-11-9-25(10-12-27)15-17-7-8-20(32-17)18-5-3-4-6-19(18)24/h3-8H,2,9-16H2,1H3. The zero-order valence-corrected chi connectivity index (χ0v) is 18.9. The number of rotatable bonds is 6. The Kier molecular flexibility index (Phi) is 6.86. The van der Waals surface area contributed by atoms with E-state index in [0.29, 0.717) is 38.3 Å². The fourth-order valence-electron chi connectivity index (χ4n) is 4.08. The fraction of sp³-hybridized carbons (Fsp3) is 0.435. The highest BCUT2D eigenvalue weighted by atomic mass is 32.1. The average molecular weight is 459 g/mol. The summed E-state index contributed by atoms with van der Waals surface area (Å²) in [4.78, 5) is 45.9. The van der Waals surface area contributed by atoms with Crippen LogP contribution >= 0.6 is 11.3 Å². The number of likely N-dealkylation sites (N-methyl/N-ethyl adjacent to an activating group) is 1. The lowest BCUT2D eigenvalue weighted by molar-refractivity contribution is -0.157. The van der Waals surface area contributed by atoms with Gasteiger partial charge in [-0.2, -0.15) is 0 Å². The summed E-state index contributed by atoms with van der Waals surface area (Å²) in [7, 11) is 0. The highest BCUT2D eigenvalue weighted by Gasteiger charge is 2.33. The Morgan fingerprint density at radius 2 is 1.62 bits per heavy atom. The van der Waals surface area contributed by atoms with Crippen LogP contribution in [0.15, 0.2) is 36.4 Å². The Morgan fingerprint density at radius 3 is 2.34 bits per heavy atom. The quantitative estimate of drug-likeness (QED) is 0.621. The molecule has 170 valence electrons. The van der Waals surface area contributed by atoms with Gasteiger partial charge in [-0.05, 0) is 25.1 Å². The molecular weight excluding hydrogens is 431 g/mol. The van der Waals surface area contributed by atoms with Crippen LogP contribution < -0.4 is 0 Å². The Bertz CT molecular complexity index is 1000. The summed E-state index contributed by atoms with van der Waals surface area (Å²) in [5.74, 6) is -1.45. The van der Waals surface area contributed by atoms with Gasteiger partial charge in [-0.1, -0.05) is 18.2 Å². The van der Waals surface area contributed by atoms with Crippen LogP contribution in [0, 0.1) is 5.82 Å². The van der Waals surface area contributed by atoms with E-state index in [4.69, 9.17) is 0 Å². The summed E-state index contributed by atoms with van der Waals surface area (Å²) >= 11 is 1.58. The Hall–Kier alpha value is -2.78. The molecular formula is C23H27FN4O3S. The highest BCUT2D eigenvalue weighted by molar-refractivity contribution is 7.15. The molecule has 2 fully saturated rings. The summed E-state index contributed by atoms with van der Waals surface area (Å²) in [5, 5.41) is 0. The third-order valence-corrected chi connectivity index (χ3v) is 7.11. The third kappa shape index (κ3) is 4.83. The molecule has 0 N–H and O–H groups in total. The molecule has 2 aliphatic heterocycles. The van der Waals surface area contributed by atoms with Gasteiger partial charge in [0.1, 0.15) is 12.4 Å². The molecule has 2 saturated heterocycles. The molecule has 32 heavy (non-hydrogen) atoms. The van der Waals surface area contributed by atoms with Gasteiger partial charge >= 0.3 is 11.8 Å². The summed E-state index contributed by atoms with van der Waals surface area (Å²) in [5.41, 5.74) is 0.618. The van der Waals surface area contributed by atoms with Gasteiger partial charge < -0.3 is 14.7 Å². The van der Waals surface area contributed by atoms with E-state index in [1.54, 1.807) is 28.4 Å². The normalized spacial score (nSPS) is 17.9. The van der Waals surface area contributed by atoms with Crippen molar-refractivity contribution in [2.75, 3.05) is 52.4 Å². The number of benzene rings is 1. The number of hydrogen-bond donors (Lipinski definition) is 0. The van der Waals surface area contributed by atoms with E-state index in [1.165, 1.54) is 15.9 Å². The number of nitrogens with zero attached hydrogens (tertiary/aromatic N) is 4. The van der Waals surface area contributed by atoms with E-state index in [0.717, 1.165) is 29.4 Å². The number of hydrogen-bond acceptors (Lipinski definition) is 5. The number of halogens is 1. The second-order valence-corrected chi connectivity index (χ2v) is 9.18. The highest BCUT2D eigenvalue weighted by Crippen LogP contribution is 2.30. The molecule has 9 heteroatoms. The summed E-state index contributed by atoms with van der Waals surface area (Å²) in [6.45, 7) is 6.55. The first kappa shape index (κ1) is 22.4. The molecule has 2 aliphatic rings. The SMILES string of the molecule is CCN1CCN(CC(=O)N2CCN(Cc3ccc(-c4ccccc4F)s3)CC2)C(=O)C1=O. The van der Waals surface area contributed by atoms with E-state index in [9.17, 15) is 18.8 Å². The maximum atomic E-state index is 14.0. The molecule has 0 aliphatic carbocycles. The molecule has 3 amide bonds. The molecule has 2 aromatic rings. The minimum absolute atomic E-state index is 0.0426. The molecule has 0 atom stereocenters. The van der Waals surface area contributed by atoms with Gasteiger partial charge in [-0.15, -0.1) is 11.3 Å². The summed E-state index contributed by atoms with van der Waals surface area (Å²) in [6.07, 6.45) is 0. The van der Waals surface area contributed by atoms with Gasteiger partial charge in [0.25, 0.3) is 0 Å². The maximum Gasteiger partial charge on any atom is 0.312 e. The predicted molar refractivity (Wildman–Crippen MR) is 120 cm³/mol. The van der Waals surface area contributed by atoms with Crippen LogP contribution in [0.1, 0.15) is 11.8 Å². The minimum atomic E-state index is -0.589. The lowest BCUT2D eigenvalue weighted by Gasteiger charge is -2.37. The molecule has 1 aromatic heterocycles. The van der Waals surface area contributed by atoms with Crippen LogP contribution in [-0.4, -0.2) is 89.7 Å². The third-order valence-electron chi connectivity index (χ3n) is 6.01.